The van der Waals surface area contributed by atoms with Crippen LogP contribution in [0, 0.1) is 0 Å². The molecule has 118 valence electrons. The number of hydrogen-bond acceptors (Lipinski definition) is 3. The molecule has 4 nitrogen and oxygen atoms in total. The van der Waals surface area contributed by atoms with E-state index in [1.165, 1.54) is 4.31 Å². The van der Waals surface area contributed by atoms with Crippen LogP contribution in [0.2, 0.25) is 0 Å². The summed E-state index contributed by atoms with van der Waals surface area (Å²) < 4.78 is 26.3. The van der Waals surface area contributed by atoms with Crippen LogP contribution < -0.4 is 4.90 Å². The zero-order valence-electron chi connectivity index (χ0n) is 12.6. The Labute approximate surface area is 132 Å². The molecule has 0 aliphatic carbocycles. The fourth-order valence-corrected chi connectivity index (χ4v) is 4.12. The second-order valence-corrected chi connectivity index (χ2v) is 8.07. The topological polar surface area (TPSA) is 40.6 Å². The lowest BCUT2D eigenvalue weighted by Crippen LogP contribution is -2.32. The van der Waals surface area contributed by atoms with Crippen molar-refractivity contribution in [2.75, 3.05) is 31.4 Å². The fraction of sp³-hybridized carbons (Fsp3) is 0.600. The number of nitrogens with zero attached hydrogens (tertiary/aromatic N) is 2. The van der Waals surface area contributed by atoms with E-state index in [0.29, 0.717) is 16.8 Å². The van der Waals surface area contributed by atoms with Crippen molar-refractivity contribution >= 4 is 27.3 Å². The third-order valence-corrected chi connectivity index (χ3v) is 6.11. The summed E-state index contributed by atoms with van der Waals surface area (Å²) in [6.45, 7) is 0.910. The lowest BCUT2D eigenvalue weighted by atomic mass is 10.1. The van der Waals surface area contributed by atoms with E-state index in [4.69, 9.17) is 11.6 Å². The third-order valence-electron chi connectivity index (χ3n) is 3.98. The molecule has 0 N–H and O–H groups in total. The zero-order chi connectivity index (χ0) is 15.5. The molecule has 0 aromatic heterocycles. The quantitative estimate of drug-likeness (QED) is 0.753. The summed E-state index contributed by atoms with van der Waals surface area (Å²) in [5.74, 6) is 0.655. The molecule has 0 spiro atoms. The number of anilines is 1. The van der Waals surface area contributed by atoms with Gasteiger partial charge in [0.2, 0.25) is 10.0 Å². The van der Waals surface area contributed by atoms with Crippen molar-refractivity contribution in [3.8, 4) is 0 Å². The van der Waals surface area contributed by atoms with Crippen LogP contribution in [0.15, 0.2) is 29.2 Å². The Morgan fingerprint density at radius 3 is 2.71 bits per heavy atom. The molecule has 0 saturated carbocycles. The standard InChI is InChI=1S/C15H23ClN2O2S/c1-17(2)21(19,20)15-10-4-3-9-14(15)18-12-6-8-13(18)7-5-11-16/h3-4,9-10,13H,5-8,11-12H2,1-2H3. The summed E-state index contributed by atoms with van der Waals surface area (Å²) >= 11 is 5.80. The molecule has 1 fully saturated rings. The van der Waals surface area contributed by atoms with Crippen LogP contribution >= 0.6 is 11.6 Å². The second kappa shape index (κ2) is 6.99. The number of halogens is 1. The van der Waals surface area contributed by atoms with Gasteiger partial charge in [-0.15, -0.1) is 11.6 Å². The van der Waals surface area contributed by atoms with Gasteiger partial charge in [0, 0.05) is 32.6 Å². The summed E-state index contributed by atoms with van der Waals surface area (Å²) in [5.41, 5.74) is 0.822. The van der Waals surface area contributed by atoms with Gasteiger partial charge >= 0.3 is 0 Å². The highest BCUT2D eigenvalue weighted by atomic mass is 35.5. The second-order valence-electron chi connectivity index (χ2n) is 5.58. The van der Waals surface area contributed by atoms with Gasteiger partial charge in [0.25, 0.3) is 0 Å². The highest BCUT2D eigenvalue weighted by Crippen LogP contribution is 2.33. The highest BCUT2D eigenvalue weighted by Gasteiger charge is 2.29. The van der Waals surface area contributed by atoms with E-state index < -0.39 is 10.0 Å². The van der Waals surface area contributed by atoms with E-state index in [9.17, 15) is 8.42 Å². The SMILES string of the molecule is CN(C)S(=O)(=O)c1ccccc1N1CCCC1CCCCl. The first-order valence-corrected chi connectivity index (χ1v) is 9.30. The van der Waals surface area contributed by atoms with Gasteiger partial charge in [-0.25, -0.2) is 12.7 Å². The Balaban J connectivity index is 2.36. The highest BCUT2D eigenvalue weighted by molar-refractivity contribution is 7.89. The summed E-state index contributed by atoms with van der Waals surface area (Å²) in [7, 11) is -0.282. The molecule has 1 aromatic rings. The predicted octanol–water partition coefficient (Wildman–Crippen LogP) is 2.92. The summed E-state index contributed by atoms with van der Waals surface area (Å²) in [6, 6.07) is 7.68. The molecular weight excluding hydrogens is 308 g/mol. The monoisotopic (exact) mass is 330 g/mol. The summed E-state index contributed by atoms with van der Waals surface area (Å²) in [4.78, 5) is 2.64. The molecule has 2 rings (SSSR count). The number of alkyl halides is 1. The van der Waals surface area contributed by atoms with Crippen molar-refractivity contribution in [1.82, 2.24) is 4.31 Å². The third kappa shape index (κ3) is 3.52. The summed E-state index contributed by atoms with van der Waals surface area (Å²) in [6.07, 6.45) is 4.18. The van der Waals surface area contributed by atoms with Gasteiger partial charge in [0.1, 0.15) is 4.90 Å². The van der Waals surface area contributed by atoms with Gasteiger partial charge in [0.15, 0.2) is 0 Å². The van der Waals surface area contributed by atoms with Crippen molar-refractivity contribution in [2.45, 2.75) is 36.6 Å². The predicted molar refractivity (Wildman–Crippen MR) is 87.6 cm³/mol. The van der Waals surface area contributed by atoms with E-state index >= 15 is 0 Å². The number of para-hydroxylation sites is 1. The molecule has 1 unspecified atom stereocenters. The minimum Gasteiger partial charge on any atom is -0.367 e. The van der Waals surface area contributed by atoms with Crippen LogP contribution in [0.4, 0.5) is 5.69 Å². The van der Waals surface area contributed by atoms with Crippen LogP contribution in [-0.4, -0.2) is 45.3 Å². The van der Waals surface area contributed by atoms with Gasteiger partial charge in [-0.2, -0.15) is 0 Å². The lowest BCUT2D eigenvalue weighted by molar-refractivity contribution is 0.519. The first-order chi connectivity index (χ1) is 9.98. The lowest BCUT2D eigenvalue weighted by Gasteiger charge is -2.29. The average molecular weight is 331 g/mol. The number of sulfonamides is 1. The van der Waals surface area contributed by atoms with Crippen molar-refractivity contribution in [2.24, 2.45) is 0 Å². The molecule has 1 saturated heterocycles. The van der Waals surface area contributed by atoms with Gasteiger partial charge in [0.05, 0.1) is 5.69 Å². The van der Waals surface area contributed by atoms with E-state index in [-0.39, 0.29) is 0 Å². The molecule has 0 bridgehead atoms. The minimum absolute atomic E-state index is 0.391. The van der Waals surface area contributed by atoms with Crippen LogP contribution in [0.25, 0.3) is 0 Å². The summed E-state index contributed by atoms with van der Waals surface area (Å²) in [5, 5.41) is 0. The van der Waals surface area contributed by atoms with Crippen molar-refractivity contribution < 1.29 is 8.42 Å². The molecule has 1 heterocycles. The van der Waals surface area contributed by atoms with Crippen LogP contribution in [0.5, 0.6) is 0 Å². The largest absolute Gasteiger partial charge is 0.367 e. The molecule has 21 heavy (non-hydrogen) atoms. The van der Waals surface area contributed by atoms with Crippen LogP contribution in [0.3, 0.4) is 0 Å². The molecule has 0 radical (unpaired) electrons. The Hall–Kier alpha value is -0.780. The molecule has 1 aromatic carbocycles. The maximum atomic E-state index is 12.5. The first kappa shape index (κ1) is 16.6. The molecule has 1 aliphatic rings. The Bertz CT molecular complexity index is 575. The zero-order valence-corrected chi connectivity index (χ0v) is 14.2. The number of benzene rings is 1. The van der Waals surface area contributed by atoms with E-state index in [2.05, 4.69) is 4.90 Å². The van der Waals surface area contributed by atoms with Gasteiger partial charge in [-0.05, 0) is 37.8 Å². The van der Waals surface area contributed by atoms with Crippen molar-refractivity contribution in [3.63, 3.8) is 0 Å². The molecule has 6 heteroatoms. The fourth-order valence-electron chi connectivity index (χ4n) is 2.88. The Morgan fingerprint density at radius 2 is 2.05 bits per heavy atom. The molecule has 0 amide bonds. The minimum atomic E-state index is -3.42. The molecular formula is C15H23ClN2O2S. The van der Waals surface area contributed by atoms with Crippen molar-refractivity contribution in [1.29, 1.82) is 0 Å². The average Bonchev–Trinajstić information content (AvgIpc) is 2.93. The van der Waals surface area contributed by atoms with E-state index in [0.717, 1.165) is 37.9 Å². The molecule has 1 atom stereocenters. The molecule has 1 aliphatic heterocycles. The Kier molecular flexibility index (Phi) is 5.52. The first-order valence-electron chi connectivity index (χ1n) is 7.32. The van der Waals surface area contributed by atoms with Crippen molar-refractivity contribution in [3.05, 3.63) is 24.3 Å². The maximum absolute atomic E-state index is 12.5. The van der Waals surface area contributed by atoms with Gasteiger partial charge in [-0.1, -0.05) is 12.1 Å². The van der Waals surface area contributed by atoms with E-state index in [1.54, 1.807) is 26.2 Å². The Morgan fingerprint density at radius 1 is 1.33 bits per heavy atom. The number of rotatable bonds is 6. The van der Waals surface area contributed by atoms with Crippen LogP contribution in [-0.2, 0) is 10.0 Å². The smallest absolute Gasteiger partial charge is 0.244 e. The van der Waals surface area contributed by atoms with Crippen LogP contribution in [0.1, 0.15) is 25.7 Å². The normalized spacial score (nSPS) is 19.4. The number of hydrogen-bond donors (Lipinski definition) is 0. The van der Waals surface area contributed by atoms with Gasteiger partial charge < -0.3 is 4.90 Å². The van der Waals surface area contributed by atoms with E-state index in [1.807, 2.05) is 12.1 Å². The maximum Gasteiger partial charge on any atom is 0.244 e. The van der Waals surface area contributed by atoms with Gasteiger partial charge in [-0.3, -0.25) is 0 Å².